The zero-order valence-corrected chi connectivity index (χ0v) is 14.3. The molecule has 0 aliphatic heterocycles. The third-order valence-corrected chi connectivity index (χ3v) is 4.26. The molecule has 0 unspecified atom stereocenters. The number of hydrogen-bond donors (Lipinski definition) is 1. The number of nitrogens with one attached hydrogen (secondary N) is 1. The Morgan fingerprint density at radius 2 is 2.04 bits per heavy atom. The number of aromatic nitrogens is 3. The highest BCUT2D eigenvalue weighted by atomic mass is 32.1. The van der Waals surface area contributed by atoms with Gasteiger partial charge in [0, 0.05) is 28.5 Å². The fourth-order valence-corrected chi connectivity index (χ4v) is 3.11. The predicted octanol–water partition coefficient (Wildman–Crippen LogP) is 3.45. The molecule has 0 aromatic carbocycles. The van der Waals surface area contributed by atoms with Crippen LogP contribution in [-0.2, 0) is 24.6 Å². The summed E-state index contributed by atoms with van der Waals surface area (Å²) in [6.07, 6.45) is -3.99. The van der Waals surface area contributed by atoms with Gasteiger partial charge in [-0.15, -0.1) is 11.3 Å². The van der Waals surface area contributed by atoms with Crippen molar-refractivity contribution >= 4 is 11.3 Å². The molecular formula is C15H17F3N4OS. The van der Waals surface area contributed by atoms with Crippen LogP contribution in [0.4, 0.5) is 13.2 Å². The van der Waals surface area contributed by atoms with E-state index in [0.717, 1.165) is 16.7 Å². The highest BCUT2D eigenvalue weighted by Gasteiger charge is 2.34. The largest absolute Gasteiger partial charge is 0.434 e. The van der Waals surface area contributed by atoms with Gasteiger partial charge in [0.05, 0.1) is 12.6 Å². The minimum atomic E-state index is -4.50. The van der Waals surface area contributed by atoms with E-state index >= 15 is 0 Å². The summed E-state index contributed by atoms with van der Waals surface area (Å²) in [4.78, 5) is 16.1. The van der Waals surface area contributed by atoms with Gasteiger partial charge in [-0.1, -0.05) is 20.8 Å². The highest BCUT2D eigenvalue weighted by Crippen LogP contribution is 2.30. The minimum Gasteiger partial charge on any atom is -0.298 e. The number of nitriles is 1. The van der Waals surface area contributed by atoms with Crippen LogP contribution in [0, 0.1) is 11.3 Å². The van der Waals surface area contributed by atoms with Crippen molar-refractivity contribution in [2.24, 2.45) is 0 Å². The second kappa shape index (κ2) is 6.43. The van der Waals surface area contributed by atoms with Crippen LogP contribution in [0.3, 0.4) is 0 Å². The first-order chi connectivity index (χ1) is 11.0. The van der Waals surface area contributed by atoms with Gasteiger partial charge in [0.2, 0.25) is 0 Å². The highest BCUT2D eigenvalue weighted by molar-refractivity contribution is 7.09. The smallest absolute Gasteiger partial charge is 0.298 e. The van der Waals surface area contributed by atoms with Crippen molar-refractivity contribution in [2.75, 3.05) is 0 Å². The molecule has 0 aliphatic carbocycles. The lowest BCUT2D eigenvalue weighted by Gasteiger charge is -2.18. The van der Waals surface area contributed by atoms with E-state index in [0.29, 0.717) is 17.7 Å². The van der Waals surface area contributed by atoms with Crippen LogP contribution in [0.1, 0.15) is 49.2 Å². The second-order valence-electron chi connectivity index (χ2n) is 6.39. The molecule has 0 fully saturated rings. The molecule has 2 aromatic rings. The van der Waals surface area contributed by atoms with Crippen LogP contribution in [0.2, 0.25) is 0 Å². The summed E-state index contributed by atoms with van der Waals surface area (Å²) >= 11 is 0.857. The maximum atomic E-state index is 12.6. The van der Waals surface area contributed by atoms with Crippen LogP contribution in [0.5, 0.6) is 0 Å². The van der Waals surface area contributed by atoms with Gasteiger partial charge in [-0.2, -0.15) is 18.4 Å². The van der Waals surface area contributed by atoms with Crippen molar-refractivity contribution in [3.8, 4) is 6.07 Å². The zero-order chi connectivity index (χ0) is 18.1. The maximum absolute atomic E-state index is 12.6. The van der Waals surface area contributed by atoms with Gasteiger partial charge < -0.3 is 0 Å². The van der Waals surface area contributed by atoms with E-state index < -0.39 is 11.9 Å². The number of alkyl halides is 3. The summed E-state index contributed by atoms with van der Waals surface area (Å²) < 4.78 is 39.1. The number of halogens is 3. The molecule has 0 saturated heterocycles. The van der Waals surface area contributed by atoms with E-state index in [9.17, 15) is 18.0 Å². The van der Waals surface area contributed by atoms with E-state index in [-0.39, 0.29) is 28.9 Å². The van der Waals surface area contributed by atoms with E-state index in [1.807, 2.05) is 26.8 Å². The molecule has 0 saturated carbocycles. The van der Waals surface area contributed by atoms with Gasteiger partial charge in [0.25, 0.3) is 5.56 Å². The molecule has 0 aliphatic rings. The standard InChI is InChI=1S/C15H17F3N4OS/c1-14(2,3)12-9(5-4-6-19)13(23)22(21-12)7-11-20-10(8-24-11)15(16,17)18/h8,21H,4-5,7H2,1-3H3. The SMILES string of the molecule is CC(C)(C)c1[nH]n(Cc2nc(C(F)(F)F)cs2)c(=O)c1CCC#N. The molecule has 9 heteroatoms. The van der Waals surface area contributed by atoms with Crippen LogP contribution in [0.25, 0.3) is 0 Å². The Morgan fingerprint density at radius 1 is 1.38 bits per heavy atom. The Balaban J connectivity index is 2.38. The summed E-state index contributed by atoms with van der Waals surface area (Å²) in [5.41, 5.74) is -0.441. The van der Waals surface area contributed by atoms with Gasteiger partial charge >= 0.3 is 6.18 Å². The summed E-state index contributed by atoms with van der Waals surface area (Å²) in [6, 6.07) is 2.00. The molecule has 1 N–H and O–H groups in total. The molecule has 0 amide bonds. The zero-order valence-electron chi connectivity index (χ0n) is 13.5. The lowest BCUT2D eigenvalue weighted by atomic mass is 9.88. The molecular weight excluding hydrogens is 341 g/mol. The van der Waals surface area contributed by atoms with Crippen molar-refractivity contribution in [1.29, 1.82) is 5.26 Å². The molecule has 0 radical (unpaired) electrons. The molecule has 24 heavy (non-hydrogen) atoms. The number of rotatable bonds is 4. The average Bonchev–Trinajstić information content (AvgIpc) is 3.03. The molecule has 5 nitrogen and oxygen atoms in total. The molecule has 0 atom stereocenters. The van der Waals surface area contributed by atoms with Crippen molar-refractivity contribution < 1.29 is 13.2 Å². The number of nitrogens with zero attached hydrogens (tertiary/aromatic N) is 3. The van der Waals surface area contributed by atoms with E-state index in [4.69, 9.17) is 5.26 Å². The quantitative estimate of drug-likeness (QED) is 0.910. The second-order valence-corrected chi connectivity index (χ2v) is 7.33. The molecule has 0 spiro atoms. The average molecular weight is 358 g/mol. The monoisotopic (exact) mass is 358 g/mol. The lowest BCUT2D eigenvalue weighted by Crippen LogP contribution is -2.20. The van der Waals surface area contributed by atoms with Gasteiger partial charge in [-0.05, 0) is 6.42 Å². The Labute approximate surface area is 140 Å². The topological polar surface area (TPSA) is 74.5 Å². The fraction of sp³-hybridized carbons (Fsp3) is 0.533. The Bertz CT molecular complexity index is 818. The van der Waals surface area contributed by atoms with E-state index in [1.165, 1.54) is 4.68 Å². The first-order valence-electron chi connectivity index (χ1n) is 7.24. The van der Waals surface area contributed by atoms with Crippen LogP contribution in [-0.4, -0.2) is 14.8 Å². The minimum absolute atomic E-state index is 0.0603. The number of hydrogen-bond acceptors (Lipinski definition) is 4. The number of H-pyrrole nitrogens is 1. The van der Waals surface area contributed by atoms with Gasteiger partial charge in [0.15, 0.2) is 5.69 Å². The molecule has 2 rings (SSSR count). The van der Waals surface area contributed by atoms with Gasteiger partial charge in [-0.25, -0.2) is 9.67 Å². The molecule has 0 bridgehead atoms. The first-order valence-corrected chi connectivity index (χ1v) is 8.12. The third-order valence-electron chi connectivity index (χ3n) is 3.42. The van der Waals surface area contributed by atoms with Crippen LogP contribution < -0.4 is 5.56 Å². The predicted molar refractivity (Wildman–Crippen MR) is 83.9 cm³/mol. The summed E-state index contributed by atoms with van der Waals surface area (Å²) in [5, 5.41) is 12.9. The number of aromatic amines is 1. The van der Waals surface area contributed by atoms with Crippen molar-refractivity contribution in [1.82, 2.24) is 14.8 Å². The van der Waals surface area contributed by atoms with Crippen LogP contribution >= 0.6 is 11.3 Å². The Morgan fingerprint density at radius 3 is 2.54 bits per heavy atom. The fourth-order valence-electron chi connectivity index (χ4n) is 2.32. The molecule has 130 valence electrons. The van der Waals surface area contributed by atoms with E-state index in [2.05, 4.69) is 10.1 Å². The number of thiazole rings is 1. The molecule has 2 aromatic heterocycles. The summed E-state index contributed by atoms with van der Waals surface area (Å²) in [6.45, 7) is 5.70. The summed E-state index contributed by atoms with van der Waals surface area (Å²) in [5.74, 6) is 0. The van der Waals surface area contributed by atoms with Crippen LogP contribution in [0.15, 0.2) is 10.2 Å². The van der Waals surface area contributed by atoms with E-state index in [1.54, 1.807) is 0 Å². The van der Waals surface area contributed by atoms with Gasteiger partial charge in [0.1, 0.15) is 5.01 Å². The Hall–Kier alpha value is -2.08. The van der Waals surface area contributed by atoms with Crippen molar-refractivity contribution in [3.05, 3.63) is 37.7 Å². The maximum Gasteiger partial charge on any atom is 0.434 e. The van der Waals surface area contributed by atoms with Crippen molar-refractivity contribution in [2.45, 2.75) is 51.7 Å². The van der Waals surface area contributed by atoms with Crippen molar-refractivity contribution in [3.63, 3.8) is 0 Å². The molecule has 2 heterocycles. The Kier molecular flexibility index (Phi) is 4.90. The normalized spacial score (nSPS) is 12.4. The summed E-state index contributed by atoms with van der Waals surface area (Å²) in [7, 11) is 0. The first kappa shape index (κ1) is 18.3. The third kappa shape index (κ3) is 3.87. The lowest BCUT2D eigenvalue weighted by molar-refractivity contribution is -0.140. The van der Waals surface area contributed by atoms with Gasteiger partial charge in [-0.3, -0.25) is 9.89 Å².